The maximum atomic E-state index is 11.4. The molecule has 3 nitrogen and oxygen atoms in total. The largest absolute Gasteiger partial charge is 0.456 e. The van der Waals surface area contributed by atoms with Crippen molar-refractivity contribution in [2.75, 3.05) is 6.61 Å². The molecule has 0 aromatic heterocycles. The summed E-state index contributed by atoms with van der Waals surface area (Å²) in [6.45, 7) is 3.71. The normalized spacial score (nSPS) is 36.3. The van der Waals surface area contributed by atoms with Gasteiger partial charge in [-0.05, 0) is 50.4 Å². The third-order valence-corrected chi connectivity index (χ3v) is 4.25. The van der Waals surface area contributed by atoms with E-state index in [9.17, 15) is 4.79 Å². The summed E-state index contributed by atoms with van der Waals surface area (Å²) in [5.74, 6) is 0.888. The number of hydrogen-bond acceptors (Lipinski definition) is 3. The van der Waals surface area contributed by atoms with Gasteiger partial charge in [-0.3, -0.25) is 0 Å². The molecule has 0 aromatic carbocycles. The third kappa shape index (κ3) is 2.89. The van der Waals surface area contributed by atoms with Gasteiger partial charge < -0.3 is 9.84 Å². The highest BCUT2D eigenvalue weighted by Crippen LogP contribution is 2.48. The Morgan fingerprint density at radius 3 is 3.06 bits per heavy atom. The topological polar surface area (TPSA) is 46.5 Å². The average Bonchev–Trinajstić information content (AvgIpc) is 2.28. The van der Waals surface area contributed by atoms with Gasteiger partial charge in [0, 0.05) is 12.7 Å². The number of rotatable bonds is 4. The van der Waals surface area contributed by atoms with Crippen LogP contribution in [0.15, 0.2) is 12.7 Å². The fourth-order valence-electron chi connectivity index (χ4n) is 3.70. The second-order valence-electron chi connectivity index (χ2n) is 5.59. The van der Waals surface area contributed by atoms with Gasteiger partial charge in [0.25, 0.3) is 0 Å². The van der Waals surface area contributed by atoms with Crippen LogP contribution in [0.4, 0.5) is 0 Å². The van der Waals surface area contributed by atoms with Crippen LogP contribution in [0.5, 0.6) is 0 Å². The maximum absolute atomic E-state index is 11.4. The SMILES string of the molecule is C=CC(=O)OC12CCCC(CC(CCO)C1)C2. The molecule has 0 saturated heterocycles. The number of esters is 1. The molecule has 2 aliphatic rings. The zero-order valence-electron chi connectivity index (χ0n) is 10.4. The van der Waals surface area contributed by atoms with Gasteiger partial charge in [-0.1, -0.05) is 13.0 Å². The fourth-order valence-corrected chi connectivity index (χ4v) is 3.70. The monoisotopic (exact) mass is 238 g/mol. The summed E-state index contributed by atoms with van der Waals surface area (Å²) in [5.41, 5.74) is -0.258. The molecule has 0 spiro atoms. The maximum Gasteiger partial charge on any atom is 0.330 e. The molecule has 0 amide bonds. The Kier molecular flexibility index (Phi) is 3.87. The molecule has 0 aliphatic heterocycles. The molecule has 2 fully saturated rings. The van der Waals surface area contributed by atoms with Crippen molar-refractivity contribution in [1.82, 2.24) is 0 Å². The molecule has 1 N–H and O–H groups in total. The van der Waals surface area contributed by atoms with Crippen LogP contribution in [-0.4, -0.2) is 23.3 Å². The van der Waals surface area contributed by atoms with E-state index in [0.717, 1.165) is 32.1 Å². The predicted molar refractivity (Wildman–Crippen MR) is 65.4 cm³/mol. The molecular formula is C14H22O3. The first-order valence-electron chi connectivity index (χ1n) is 6.64. The summed E-state index contributed by atoms with van der Waals surface area (Å²) in [5, 5.41) is 9.07. The molecule has 2 aliphatic carbocycles. The van der Waals surface area contributed by atoms with Gasteiger partial charge in [-0.2, -0.15) is 0 Å². The van der Waals surface area contributed by atoms with Crippen LogP contribution < -0.4 is 0 Å². The number of aliphatic hydroxyl groups is 1. The van der Waals surface area contributed by atoms with Gasteiger partial charge in [0.2, 0.25) is 0 Å². The molecule has 3 heteroatoms. The van der Waals surface area contributed by atoms with Crippen molar-refractivity contribution < 1.29 is 14.6 Å². The van der Waals surface area contributed by atoms with Gasteiger partial charge >= 0.3 is 5.97 Å². The summed E-state index contributed by atoms with van der Waals surface area (Å²) >= 11 is 0. The zero-order chi connectivity index (χ0) is 12.3. The van der Waals surface area contributed by atoms with E-state index in [1.807, 2.05) is 0 Å². The van der Waals surface area contributed by atoms with E-state index in [4.69, 9.17) is 9.84 Å². The number of fused-ring (bicyclic) bond motifs is 2. The zero-order valence-corrected chi connectivity index (χ0v) is 10.4. The molecule has 2 bridgehead atoms. The van der Waals surface area contributed by atoms with Gasteiger partial charge in [0.05, 0.1) is 0 Å². The fraction of sp³-hybridized carbons (Fsp3) is 0.786. The van der Waals surface area contributed by atoms with E-state index in [1.54, 1.807) is 0 Å². The first-order valence-corrected chi connectivity index (χ1v) is 6.64. The van der Waals surface area contributed by atoms with E-state index in [0.29, 0.717) is 11.8 Å². The lowest BCUT2D eigenvalue weighted by Gasteiger charge is -2.47. The summed E-state index contributed by atoms with van der Waals surface area (Å²) < 4.78 is 5.64. The third-order valence-electron chi connectivity index (χ3n) is 4.25. The van der Waals surface area contributed by atoms with Gasteiger partial charge in [0.15, 0.2) is 0 Å². The lowest BCUT2D eigenvalue weighted by molar-refractivity contribution is -0.167. The molecule has 3 unspecified atom stereocenters. The van der Waals surface area contributed by atoms with Crippen LogP contribution in [0.3, 0.4) is 0 Å². The van der Waals surface area contributed by atoms with Crippen molar-refractivity contribution in [3.63, 3.8) is 0 Å². The Labute approximate surface area is 103 Å². The van der Waals surface area contributed by atoms with Crippen LogP contribution >= 0.6 is 0 Å². The van der Waals surface area contributed by atoms with Crippen molar-refractivity contribution in [1.29, 1.82) is 0 Å². The van der Waals surface area contributed by atoms with Crippen LogP contribution in [0.2, 0.25) is 0 Å². The van der Waals surface area contributed by atoms with Crippen LogP contribution in [0, 0.1) is 11.8 Å². The van der Waals surface area contributed by atoms with Gasteiger partial charge in [-0.15, -0.1) is 0 Å². The van der Waals surface area contributed by atoms with E-state index in [2.05, 4.69) is 6.58 Å². The van der Waals surface area contributed by atoms with Crippen LogP contribution in [0.25, 0.3) is 0 Å². The minimum atomic E-state index is -0.296. The standard InChI is InChI=1S/C14H22O3/c1-2-13(16)17-14-6-3-4-11(9-14)8-12(10-14)5-7-15/h2,11-12,15H,1,3-10H2. The first-order chi connectivity index (χ1) is 8.17. The molecule has 96 valence electrons. The molecule has 2 rings (SSSR count). The van der Waals surface area contributed by atoms with Crippen LogP contribution in [0.1, 0.15) is 44.9 Å². The molecular weight excluding hydrogens is 216 g/mol. The van der Waals surface area contributed by atoms with Crippen molar-refractivity contribution in [2.45, 2.75) is 50.5 Å². The highest BCUT2D eigenvalue weighted by molar-refractivity contribution is 5.81. The molecule has 3 atom stereocenters. The first kappa shape index (κ1) is 12.6. The van der Waals surface area contributed by atoms with Crippen LogP contribution in [-0.2, 0) is 9.53 Å². The minimum Gasteiger partial charge on any atom is -0.456 e. The Bertz CT molecular complexity index is 300. The lowest BCUT2D eigenvalue weighted by atomic mass is 9.64. The quantitative estimate of drug-likeness (QED) is 0.604. The number of carbonyl (C=O) groups excluding carboxylic acids is 1. The molecule has 17 heavy (non-hydrogen) atoms. The number of hydrogen-bond donors (Lipinski definition) is 1. The smallest absolute Gasteiger partial charge is 0.330 e. The van der Waals surface area contributed by atoms with Crippen molar-refractivity contribution >= 4 is 5.97 Å². The van der Waals surface area contributed by atoms with Gasteiger partial charge in [-0.25, -0.2) is 4.79 Å². The molecule has 0 aromatic rings. The number of ether oxygens (including phenoxy) is 1. The Morgan fingerprint density at radius 1 is 1.53 bits per heavy atom. The summed E-state index contributed by atoms with van der Waals surface area (Å²) in [6, 6.07) is 0. The van der Waals surface area contributed by atoms with E-state index in [-0.39, 0.29) is 18.2 Å². The highest BCUT2D eigenvalue weighted by atomic mass is 16.6. The second kappa shape index (κ2) is 5.21. The number of carbonyl (C=O) groups is 1. The Hall–Kier alpha value is -0.830. The van der Waals surface area contributed by atoms with Crippen molar-refractivity contribution in [3.05, 3.63) is 12.7 Å². The Morgan fingerprint density at radius 2 is 2.35 bits per heavy atom. The minimum absolute atomic E-state index is 0.239. The second-order valence-corrected chi connectivity index (χ2v) is 5.59. The average molecular weight is 238 g/mol. The molecule has 0 heterocycles. The Balaban J connectivity index is 2.06. The van der Waals surface area contributed by atoms with E-state index >= 15 is 0 Å². The lowest BCUT2D eigenvalue weighted by Crippen LogP contribution is -2.45. The molecule has 0 radical (unpaired) electrons. The van der Waals surface area contributed by atoms with E-state index < -0.39 is 0 Å². The van der Waals surface area contributed by atoms with Gasteiger partial charge in [0.1, 0.15) is 5.60 Å². The molecule has 2 saturated carbocycles. The predicted octanol–water partition coefficient (Wildman–Crippen LogP) is 2.44. The summed E-state index contributed by atoms with van der Waals surface area (Å²) in [4.78, 5) is 11.4. The summed E-state index contributed by atoms with van der Waals surface area (Å²) in [6.07, 6.45) is 8.59. The highest BCUT2D eigenvalue weighted by Gasteiger charge is 2.45. The van der Waals surface area contributed by atoms with Crippen molar-refractivity contribution in [3.8, 4) is 0 Å². The van der Waals surface area contributed by atoms with Crippen molar-refractivity contribution in [2.24, 2.45) is 11.8 Å². The summed E-state index contributed by atoms with van der Waals surface area (Å²) in [7, 11) is 0. The van der Waals surface area contributed by atoms with E-state index in [1.165, 1.54) is 18.9 Å². The number of aliphatic hydroxyl groups excluding tert-OH is 1.